The number of aldehydes is 1. The van der Waals surface area contributed by atoms with E-state index in [1.165, 1.54) is 0 Å². The van der Waals surface area contributed by atoms with E-state index in [2.05, 4.69) is 0 Å². The molecule has 0 rings (SSSR count). The number of nitrogens with zero attached hydrogens (tertiary/aromatic N) is 1. The lowest BCUT2D eigenvalue weighted by Crippen LogP contribution is -2.29. The fourth-order valence-electron chi connectivity index (χ4n) is 0.913. The molecule has 0 aliphatic carbocycles. The number of hydrogen-bond donors (Lipinski definition) is 1. The van der Waals surface area contributed by atoms with Crippen molar-refractivity contribution in [1.29, 1.82) is 0 Å². The second-order valence-electron chi connectivity index (χ2n) is 2.89. The quantitative estimate of drug-likeness (QED) is 0.447. The summed E-state index contributed by atoms with van der Waals surface area (Å²) < 4.78 is 0. The molecule has 0 saturated carbocycles. The molecule has 0 bridgehead atoms. The summed E-state index contributed by atoms with van der Waals surface area (Å²) in [5.74, 6) is 0. The van der Waals surface area contributed by atoms with Crippen LogP contribution in [0.2, 0.25) is 0 Å². The van der Waals surface area contributed by atoms with Crippen LogP contribution in [0.1, 0.15) is 19.3 Å². The molecule has 0 fully saturated rings. The van der Waals surface area contributed by atoms with Crippen LogP contribution in [0.25, 0.3) is 0 Å². The molecule has 0 aromatic carbocycles. The Bertz CT molecular complexity index is 104. The van der Waals surface area contributed by atoms with Crippen LogP contribution in [0.4, 0.5) is 0 Å². The predicted molar refractivity (Wildman–Crippen MR) is 44.5 cm³/mol. The zero-order valence-corrected chi connectivity index (χ0v) is 7.29. The summed E-state index contributed by atoms with van der Waals surface area (Å²) >= 11 is 0. The number of unbranched alkanes of at least 4 members (excludes halogenated alkanes) is 1. The van der Waals surface area contributed by atoms with Crippen molar-refractivity contribution < 1.29 is 9.90 Å². The monoisotopic (exact) mass is 159 g/mol. The van der Waals surface area contributed by atoms with Gasteiger partial charge in [0, 0.05) is 6.61 Å². The SMILES string of the molecule is CN(C)C(C=O)CCCCO. The van der Waals surface area contributed by atoms with Crippen molar-refractivity contribution in [1.82, 2.24) is 4.90 Å². The Labute approximate surface area is 68.0 Å². The summed E-state index contributed by atoms with van der Waals surface area (Å²) in [4.78, 5) is 12.3. The van der Waals surface area contributed by atoms with Crippen molar-refractivity contribution in [3.05, 3.63) is 0 Å². The van der Waals surface area contributed by atoms with E-state index in [-0.39, 0.29) is 12.6 Å². The van der Waals surface area contributed by atoms with Gasteiger partial charge in [-0.3, -0.25) is 0 Å². The summed E-state index contributed by atoms with van der Waals surface area (Å²) in [6.07, 6.45) is 3.50. The lowest BCUT2D eigenvalue weighted by molar-refractivity contribution is -0.111. The largest absolute Gasteiger partial charge is 0.396 e. The van der Waals surface area contributed by atoms with Crippen LogP contribution < -0.4 is 0 Å². The molecule has 11 heavy (non-hydrogen) atoms. The van der Waals surface area contributed by atoms with Crippen LogP contribution >= 0.6 is 0 Å². The minimum atomic E-state index is 0.0153. The summed E-state index contributed by atoms with van der Waals surface area (Å²) in [7, 11) is 3.77. The van der Waals surface area contributed by atoms with E-state index in [4.69, 9.17) is 5.11 Å². The maximum absolute atomic E-state index is 10.4. The Kier molecular flexibility index (Phi) is 6.07. The molecule has 1 atom stereocenters. The Morgan fingerprint density at radius 2 is 2.09 bits per heavy atom. The molecule has 0 amide bonds. The van der Waals surface area contributed by atoms with E-state index >= 15 is 0 Å². The third kappa shape index (κ3) is 4.93. The van der Waals surface area contributed by atoms with Crippen LogP contribution in [0, 0.1) is 0 Å². The maximum Gasteiger partial charge on any atom is 0.137 e. The van der Waals surface area contributed by atoms with Gasteiger partial charge in [-0.2, -0.15) is 0 Å². The molecule has 0 heterocycles. The molecule has 0 aromatic heterocycles. The minimum Gasteiger partial charge on any atom is -0.396 e. The van der Waals surface area contributed by atoms with Gasteiger partial charge in [-0.25, -0.2) is 0 Å². The number of carbonyl (C=O) groups excluding carboxylic acids is 1. The molecule has 3 nitrogen and oxygen atoms in total. The maximum atomic E-state index is 10.4. The number of likely N-dealkylation sites (N-methyl/N-ethyl adjacent to an activating group) is 1. The zero-order chi connectivity index (χ0) is 8.69. The predicted octanol–water partition coefficient (Wildman–Crippen LogP) is 0.278. The van der Waals surface area contributed by atoms with Crippen LogP contribution in [-0.4, -0.2) is 43.0 Å². The number of rotatable bonds is 6. The van der Waals surface area contributed by atoms with Gasteiger partial charge in [0.1, 0.15) is 6.29 Å². The van der Waals surface area contributed by atoms with Crippen LogP contribution in [-0.2, 0) is 4.79 Å². The van der Waals surface area contributed by atoms with Gasteiger partial charge in [-0.05, 0) is 33.4 Å². The molecule has 0 radical (unpaired) electrons. The fraction of sp³-hybridized carbons (Fsp3) is 0.875. The summed E-state index contributed by atoms with van der Waals surface area (Å²) in [5, 5.41) is 8.49. The zero-order valence-electron chi connectivity index (χ0n) is 7.29. The lowest BCUT2D eigenvalue weighted by atomic mass is 10.1. The second kappa shape index (κ2) is 6.31. The van der Waals surface area contributed by atoms with E-state index < -0.39 is 0 Å². The van der Waals surface area contributed by atoms with E-state index in [1.54, 1.807) is 0 Å². The van der Waals surface area contributed by atoms with Crippen molar-refractivity contribution in [3.8, 4) is 0 Å². The average Bonchev–Trinajstić information content (AvgIpc) is 1.97. The second-order valence-corrected chi connectivity index (χ2v) is 2.89. The van der Waals surface area contributed by atoms with Crippen molar-refractivity contribution in [2.45, 2.75) is 25.3 Å². The van der Waals surface area contributed by atoms with Gasteiger partial charge in [-0.1, -0.05) is 0 Å². The molecule has 1 unspecified atom stereocenters. The standard InChI is InChI=1S/C8H17NO2/c1-9(2)8(7-11)5-3-4-6-10/h7-8,10H,3-6H2,1-2H3. The van der Waals surface area contributed by atoms with E-state index in [0.717, 1.165) is 25.5 Å². The van der Waals surface area contributed by atoms with Gasteiger partial charge in [0.25, 0.3) is 0 Å². The molecule has 0 aliphatic rings. The lowest BCUT2D eigenvalue weighted by Gasteiger charge is -2.17. The van der Waals surface area contributed by atoms with Crippen LogP contribution in [0.3, 0.4) is 0 Å². The summed E-state index contributed by atoms with van der Waals surface area (Å²) in [6.45, 7) is 0.221. The van der Waals surface area contributed by atoms with Gasteiger partial charge in [0.15, 0.2) is 0 Å². The van der Waals surface area contributed by atoms with Crippen LogP contribution in [0.15, 0.2) is 0 Å². The summed E-state index contributed by atoms with van der Waals surface area (Å²) in [6, 6.07) is 0.0153. The molecule has 0 aromatic rings. The van der Waals surface area contributed by atoms with Crippen LogP contribution in [0.5, 0.6) is 0 Å². The number of aliphatic hydroxyl groups excluding tert-OH is 1. The molecular weight excluding hydrogens is 142 g/mol. The van der Waals surface area contributed by atoms with E-state index in [1.807, 2.05) is 19.0 Å². The molecule has 0 aliphatic heterocycles. The molecule has 0 saturated heterocycles. The Balaban J connectivity index is 3.44. The van der Waals surface area contributed by atoms with Gasteiger partial charge in [0.2, 0.25) is 0 Å². The topological polar surface area (TPSA) is 40.5 Å². The molecular formula is C8H17NO2. The first-order chi connectivity index (χ1) is 5.22. The smallest absolute Gasteiger partial charge is 0.137 e. The third-order valence-electron chi connectivity index (χ3n) is 1.73. The van der Waals surface area contributed by atoms with Crippen molar-refractivity contribution in [3.63, 3.8) is 0 Å². The highest BCUT2D eigenvalue weighted by atomic mass is 16.2. The first kappa shape index (κ1) is 10.6. The minimum absolute atomic E-state index is 0.0153. The highest BCUT2D eigenvalue weighted by molar-refractivity contribution is 5.57. The fourth-order valence-corrected chi connectivity index (χ4v) is 0.913. The normalized spacial score (nSPS) is 13.5. The Morgan fingerprint density at radius 1 is 1.45 bits per heavy atom. The first-order valence-electron chi connectivity index (χ1n) is 3.95. The third-order valence-corrected chi connectivity index (χ3v) is 1.73. The summed E-state index contributed by atoms with van der Waals surface area (Å²) in [5.41, 5.74) is 0. The Hall–Kier alpha value is -0.410. The van der Waals surface area contributed by atoms with Crippen molar-refractivity contribution in [2.24, 2.45) is 0 Å². The van der Waals surface area contributed by atoms with E-state index in [0.29, 0.717) is 0 Å². The average molecular weight is 159 g/mol. The first-order valence-corrected chi connectivity index (χ1v) is 3.95. The van der Waals surface area contributed by atoms with Crippen molar-refractivity contribution in [2.75, 3.05) is 20.7 Å². The molecule has 0 spiro atoms. The van der Waals surface area contributed by atoms with Gasteiger partial charge >= 0.3 is 0 Å². The van der Waals surface area contributed by atoms with E-state index in [9.17, 15) is 4.79 Å². The number of carbonyl (C=O) groups is 1. The molecule has 3 heteroatoms. The molecule has 66 valence electrons. The number of hydrogen-bond acceptors (Lipinski definition) is 3. The molecule has 1 N–H and O–H groups in total. The van der Waals surface area contributed by atoms with Gasteiger partial charge in [0.05, 0.1) is 6.04 Å². The highest BCUT2D eigenvalue weighted by Crippen LogP contribution is 2.02. The van der Waals surface area contributed by atoms with Gasteiger partial charge in [-0.15, -0.1) is 0 Å². The Morgan fingerprint density at radius 3 is 2.45 bits per heavy atom. The van der Waals surface area contributed by atoms with Gasteiger partial charge < -0.3 is 14.8 Å². The highest BCUT2D eigenvalue weighted by Gasteiger charge is 2.07. The number of aliphatic hydroxyl groups is 1. The van der Waals surface area contributed by atoms with Crippen molar-refractivity contribution >= 4 is 6.29 Å².